The fraction of sp³-hybridized carbons (Fsp3) is 0.366. The second-order valence-corrected chi connectivity index (χ2v) is 15.6. The molecule has 52 heavy (non-hydrogen) atoms. The number of nitrogens with two attached hydrogens (primary N) is 1. The van der Waals surface area contributed by atoms with Crippen molar-refractivity contribution in [1.29, 1.82) is 0 Å². The zero-order valence-corrected chi connectivity index (χ0v) is 32.5. The average Bonchev–Trinajstić information content (AvgIpc) is 3.55. The fourth-order valence-corrected chi connectivity index (χ4v) is 8.44. The predicted molar refractivity (Wildman–Crippen MR) is 218 cm³/mol. The number of rotatable bonds is 15. The number of anilines is 2. The molecule has 11 heteroatoms. The third-order valence-corrected chi connectivity index (χ3v) is 11.5. The molecule has 8 nitrogen and oxygen atoms in total. The summed E-state index contributed by atoms with van der Waals surface area (Å²) < 4.78 is 1.02. The molecular weight excluding hydrogens is 709 g/mol. The van der Waals surface area contributed by atoms with Gasteiger partial charge in [-0.05, 0) is 76.3 Å². The molecule has 0 spiro atoms. The first-order chi connectivity index (χ1) is 25.1. The number of thiazole rings is 1. The van der Waals surface area contributed by atoms with E-state index < -0.39 is 0 Å². The van der Waals surface area contributed by atoms with Crippen LogP contribution in [0.15, 0.2) is 72.9 Å². The number of allylic oxidation sites excluding steroid dienone is 1. The number of benzene rings is 2. The summed E-state index contributed by atoms with van der Waals surface area (Å²) in [6.07, 6.45) is 7.52. The molecule has 2 unspecified atom stereocenters. The highest BCUT2D eigenvalue weighted by molar-refractivity contribution is 7.18. The van der Waals surface area contributed by atoms with Crippen molar-refractivity contribution in [2.45, 2.75) is 84.5 Å². The zero-order chi connectivity index (χ0) is 36.8. The quantitative estimate of drug-likeness (QED) is 0.0907. The van der Waals surface area contributed by atoms with Crippen molar-refractivity contribution < 1.29 is 4.79 Å². The van der Waals surface area contributed by atoms with Crippen LogP contribution in [0.1, 0.15) is 69.1 Å². The van der Waals surface area contributed by atoms with Gasteiger partial charge in [-0.2, -0.15) is 0 Å². The van der Waals surface area contributed by atoms with Crippen molar-refractivity contribution >= 4 is 62.0 Å². The smallest absolute Gasteiger partial charge is 0.157 e. The van der Waals surface area contributed by atoms with Gasteiger partial charge in [0.2, 0.25) is 0 Å². The van der Waals surface area contributed by atoms with Gasteiger partial charge in [0.05, 0.1) is 38.7 Å². The van der Waals surface area contributed by atoms with E-state index in [1.54, 1.807) is 24.5 Å². The van der Waals surface area contributed by atoms with Gasteiger partial charge in [0.25, 0.3) is 0 Å². The number of Topliss-reactive ketones (excluding diaryl/α,β-unsaturated/α-hetero) is 1. The van der Waals surface area contributed by atoms with Crippen molar-refractivity contribution in [3.05, 3.63) is 99.3 Å². The molecule has 3 aromatic heterocycles. The summed E-state index contributed by atoms with van der Waals surface area (Å²) >= 11 is 15.9. The van der Waals surface area contributed by atoms with E-state index in [2.05, 4.69) is 40.1 Å². The first-order valence-electron chi connectivity index (χ1n) is 18.1. The van der Waals surface area contributed by atoms with Crippen LogP contribution < -0.4 is 16.4 Å². The number of aryl methyl sites for hydroxylation is 1. The second kappa shape index (κ2) is 17.4. The van der Waals surface area contributed by atoms with E-state index in [4.69, 9.17) is 38.9 Å². The Balaban J connectivity index is 1.21. The second-order valence-electron chi connectivity index (χ2n) is 13.7. The lowest BCUT2D eigenvalue weighted by Gasteiger charge is -2.33. The van der Waals surface area contributed by atoms with Gasteiger partial charge in [0, 0.05) is 47.7 Å². The van der Waals surface area contributed by atoms with E-state index in [1.165, 1.54) is 0 Å². The lowest BCUT2D eigenvalue weighted by molar-refractivity contribution is -0.123. The SMILES string of the molecule is C=C(C)CCC(N)CNCc1ccc(-c2cccc(-c3cccc(Nc4nccc5sc(CN6CCCCC6C(C)=O)nc45)c3Cl)c2Cl)nc1CC. The van der Waals surface area contributed by atoms with Crippen molar-refractivity contribution in [2.75, 3.05) is 18.4 Å². The molecule has 5 aromatic rings. The Labute approximate surface area is 320 Å². The first-order valence-corrected chi connectivity index (χ1v) is 19.6. The molecule has 2 aromatic carbocycles. The van der Waals surface area contributed by atoms with Crippen LogP contribution in [0.5, 0.6) is 0 Å². The third-order valence-electron chi connectivity index (χ3n) is 9.66. The maximum atomic E-state index is 12.3. The Morgan fingerprint density at radius 1 is 1.04 bits per heavy atom. The minimum Gasteiger partial charge on any atom is -0.337 e. The number of hydrogen-bond donors (Lipinski definition) is 3. The number of carbonyl (C=O) groups excluding carboxylic acids is 1. The third kappa shape index (κ3) is 8.90. The van der Waals surface area contributed by atoms with E-state index in [-0.39, 0.29) is 17.9 Å². The molecule has 4 N–H and O–H groups in total. The number of ketones is 1. The molecule has 272 valence electrons. The van der Waals surface area contributed by atoms with E-state index in [9.17, 15) is 4.79 Å². The molecule has 0 aliphatic carbocycles. The van der Waals surface area contributed by atoms with Gasteiger partial charge in [0.15, 0.2) is 5.82 Å². The van der Waals surface area contributed by atoms with Crippen molar-refractivity contribution in [1.82, 2.24) is 25.2 Å². The van der Waals surface area contributed by atoms with Crippen LogP contribution in [0.2, 0.25) is 10.0 Å². The van der Waals surface area contributed by atoms with Gasteiger partial charge in [-0.15, -0.1) is 17.9 Å². The number of hydrogen-bond acceptors (Lipinski definition) is 9. The largest absolute Gasteiger partial charge is 0.337 e. The summed E-state index contributed by atoms with van der Waals surface area (Å²) in [6.45, 7) is 12.8. The lowest BCUT2D eigenvalue weighted by Crippen LogP contribution is -2.43. The van der Waals surface area contributed by atoms with Gasteiger partial charge in [-0.25, -0.2) is 9.97 Å². The normalized spacial score (nSPS) is 15.5. The molecule has 0 bridgehead atoms. The summed E-state index contributed by atoms with van der Waals surface area (Å²) in [6, 6.07) is 18.0. The minimum atomic E-state index is -0.0404. The summed E-state index contributed by atoms with van der Waals surface area (Å²) in [4.78, 5) is 29.2. The van der Waals surface area contributed by atoms with Gasteiger partial charge < -0.3 is 16.4 Å². The highest BCUT2D eigenvalue weighted by Gasteiger charge is 2.27. The molecule has 1 aliphatic rings. The van der Waals surface area contributed by atoms with Gasteiger partial charge in [-0.3, -0.25) is 14.7 Å². The molecule has 0 saturated carbocycles. The monoisotopic (exact) mass is 755 g/mol. The topological polar surface area (TPSA) is 109 Å². The van der Waals surface area contributed by atoms with E-state index in [1.807, 2.05) is 55.5 Å². The molecule has 1 fully saturated rings. The van der Waals surface area contributed by atoms with E-state index in [0.29, 0.717) is 34.6 Å². The molecule has 4 heterocycles. The van der Waals surface area contributed by atoms with Gasteiger partial charge in [-0.1, -0.05) is 78.5 Å². The van der Waals surface area contributed by atoms with Crippen molar-refractivity contribution in [2.24, 2.45) is 5.73 Å². The maximum Gasteiger partial charge on any atom is 0.157 e. The number of nitrogens with one attached hydrogen (secondary N) is 2. The van der Waals surface area contributed by atoms with E-state index >= 15 is 0 Å². The van der Waals surface area contributed by atoms with Gasteiger partial charge in [0.1, 0.15) is 16.3 Å². The highest BCUT2D eigenvalue weighted by atomic mass is 35.5. The molecule has 0 radical (unpaired) electrons. The summed E-state index contributed by atoms with van der Waals surface area (Å²) in [5.41, 5.74) is 14.4. The highest BCUT2D eigenvalue weighted by Crippen LogP contribution is 2.42. The number of likely N-dealkylation sites (tertiary alicyclic amines) is 1. The molecule has 1 saturated heterocycles. The average molecular weight is 757 g/mol. The lowest BCUT2D eigenvalue weighted by atomic mass is 9.99. The Morgan fingerprint density at radius 2 is 1.81 bits per heavy atom. The Kier molecular flexibility index (Phi) is 12.7. The molecule has 1 aliphatic heterocycles. The number of fused-ring (bicyclic) bond motifs is 1. The number of pyridine rings is 2. The Hall–Kier alpha value is -3.70. The number of carbonyl (C=O) groups is 1. The Morgan fingerprint density at radius 3 is 2.58 bits per heavy atom. The summed E-state index contributed by atoms with van der Waals surface area (Å²) in [7, 11) is 0. The van der Waals surface area contributed by atoms with Crippen LogP contribution in [0.25, 0.3) is 32.6 Å². The predicted octanol–water partition coefficient (Wildman–Crippen LogP) is 9.75. The maximum absolute atomic E-state index is 12.3. The number of piperidine rings is 1. The van der Waals surface area contributed by atoms with Crippen molar-refractivity contribution in [3.63, 3.8) is 0 Å². The zero-order valence-electron chi connectivity index (χ0n) is 30.1. The minimum absolute atomic E-state index is 0.0404. The first kappa shape index (κ1) is 38.0. The molecule has 0 amide bonds. The fourth-order valence-electron chi connectivity index (χ4n) is 6.85. The molecule has 6 rings (SSSR count). The van der Waals surface area contributed by atoms with E-state index in [0.717, 1.165) is 106 Å². The van der Waals surface area contributed by atoms with Crippen LogP contribution in [0.3, 0.4) is 0 Å². The number of aromatic nitrogens is 3. The van der Waals surface area contributed by atoms with Crippen LogP contribution in [0.4, 0.5) is 11.5 Å². The van der Waals surface area contributed by atoms with Crippen LogP contribution in [-0.2, 0) is 24.3 Å². The van der Waals surface area contributed by atoms with Gasteiger partial charge >= 0.3 is 0 Å². The number of halogens is 2. The van der Waals surface area contributed by atoms with Crippen LogP contribution in [0, 0.1) is 0 Å². The van der Waals surface area contributed by atoms with Crippen LogP contribution >= 0.6 is 34.5 Å². The Bertz CT molecular complexity index is 2060. The van der Waals surface area contributed by atoms with Crippen molar-refractivity contribution in [3.8, 4) is 22.4 Å². The number of nitrogens with zero attached hydrogens (tertiary/aromatic N) is 4. The molecular formula is C41H47Cl2N7OS. The molecule has 2 atom stereocenters. The summed E-state index contributed by atoms with van der Waals surface area (Å²) in [5.74, 6) is 0.848. The summed E-state index contributed by atoms with van der Waals surface area (Å²) in [5, 5.41) is 9.02. The standard InChI is InChI=1S/C41H47Cl2N7OS/c1-5-32-27(22-45-23-28(44)17-15-25(2)3)16-18-33(47-32)31-12-8-10-29(38(31)42)30-11-9-13-34(39(30)43)48-41-40-36(19-20-46-41)52-37(49-40)24-50-21-7-6-14-35(50)26(4)51/h8-13,16,18-20,28,35,45H,2,5-7,14-15,17,21-24,44H2,1,3-4H3,(H,46,48). The van der Waals surface area contributed by atoms with Crippen LogP contribution in [-0.4, -0.2) is 50.8 Å².